The van der Waals surface area contributed by atoms with E-state index in [9.17, 15) is 0 Å². The molecule has 2 unspecified atom stereocenters. The Hall–Kier alpha value is -0.640. The maximum Gasteiger partial charge on any atom is 0.195 e. The lowest BCUT2D eigenvalue weighted by Gasteiger charge is -2.65. The number of aromatic nitrogens is 3. The molecule has 0 saturated heterocycles. The van der Waals surface area contributed by atoms with Crippen molar-refractivity contribution in [2.45, 2.75) is 72.3 Å². The van der Waals surface area contributed by atoms with E-state index in [1.807, 2.05) is 0 Å². The molecule has 116 valence electrons. The van der Waals surface area contributed by atoms with Gasteiger partial charge in [0.1, 0.15) is 5.82 Å². The average Bonchev–Trinajstić information content (AvgIpc) is 2.64. The molecule has 0 spiro atoms. The third-order valence-corrected chi connectivity index (χ3v) is 6.74. The smallest absolute Gasteiger partial charge is 0.195 e. The van der Waals surface area contributed by atoms with Gasteiger partial charge in [-0.3, -0.25) is 5.10 Å². The quantitative estimate of drug-likeness (QED) is 0.834. The van der Waals surface area contributed by atoms with Crippen LogP contribution in [-0.4, -0.2) is 14.8 Å². The van der Waals surface area contributed by atoms with E-state index >= 15 is 0 Å². The van der Waals surface area contributed by atoms with Crippen LogP contribution in [0.3, 0.4) is 0 Å². The number of hydrogen-bond acceptors (Lipinski definition) is 2. The molecule has 0 radical (unpaired) electrons. The van der Waals surface area contributed by atoms with Crippen LogP contribution in [0.5, 0.6) is 0 Å². The van der Waals surface area contributed by atoms with Crippen LogP contribution in [0.25, 0.3) is 0 Å². The highest BCUT2D eigenvalue weighted by Gasteiger charge is 2.60. The van der Waals surface area contributed by atoms with Crippen LogP contribution in [0.1, 0.15) is 65.1 Å². The van der Waals surface area contributed by atoms with Crippen molar-refractivity contribution < 1.29 is 0 Å². The Morgan fingerprint density at radius 3 is 2.43 bits per heavy atom. The van der Waals surface area contributed by atoms with Crippen molar-refractivity contribution in [1.82, 2.24) is 14.8 Å². The summed E-state index contributed by atoms with van der Waals surface area (Å²) < 4.78 is 2.98. The van der Waals surface area contributed by atoms with E-state index in [0.29, 0.717) is 16.2 Å². The molecule has 21 heavy (non-hydrogen) atoms. The van der Waals surface area contributed by atoms with Gasteiger partial charge in [0.15, 0.2) is 4.77 Å². The topological polar surface area (TPSA) is 33.6 Å². The second-order valence-electron chi connectivity index (χ2n) is 9.00. The molecule has 4 fully saturated rings. The second kappa shape index (κ2) is 4.21. The minimum atomic E-state index is 0.483. The van der Waals surface area contributed by atoms with E-state index < -0.39 is 0 Å². The molecule has 4 saturated carbocycles. The molecule has 0 amide bonds. The standard InChI is InChI=1S/C17H27N3S/c1-4-20-13(18-19-14(20)21)8-17-7-12-5-15(2,10-17)9-16(3,6-12)11-17/h12H,4-11H2,1-3H3,(H,19,21). The molecule has 1 aromatic heterocycles. The van der Waals surface area contributed by atoms with Crippen molar-refractivity contribution in [1.29, 1.82) is 0 Å². The van der Waals surface area contributed by atoms with E-state index in [-0.39, 0.29) is 0 Å². The van der Waals surface area contributed by atoms with Crippen molar-refractivity contribution in [3.63, 3.8) is 0 Å². The van der Waals surface area contributed by atoms with E-state index in [1.54, 1.807) is 0 Å². The van der Waals surface area contributed by atoms with E-state index in [0.717, 1.165) is 23.7 Å². The second-order valence-corrected chi connectivity index (χ2v) is 9.38. The van der Waals surface area contributed by atoms with Crippen LogP contribution in [-0.2, 0) is 13.0 Å². The number of hydrogen-bond donors (Lipinski definition) is 1. The lowest BCUT2D eigenvalue weighted by atomic mass is 9.40. The van der Waals surface area contributed by atoms with E-state index in [4.69, 9.17) is 12.2 Å². The van der Waals surface area contributed by atoms with Crippen molar-refractivity contribution in [2.75, 3.05) is 0 Å². The predicted octanol–water partition coefficient (Wildman–Crippen LogP) is 4.50. The van der Waals surface area contributed by atoms with Crippen molar-refractivity contribution in [3.8, 4) is 0 Å². The molecule has 3 nitrogen and oxygen atoms in total. The predicted molar refractivity (Wildman–Crippen MR) is 86.6 cm³/mol. The van der Waals surface area contributed by atoms with Crippen molar-refractivity contribution in [2.24, 2.45) is 22.2 Å². The Labute approximate surface area is 132 Å². The van der Waals surface area contributed by atoms with Gasteiger partial charge in [-0.05, 0) is 79.8 Å². The first-order valence-electron chi connectivity index (χ1n) is 8.49. The summed E-state index contributed by atoms with van der Waals surface area (Å²) in [5.41, 5.74) is 1.65. The first-order chi connectivity index (χ1) is 9.84. The fourth-order valence-electron chi connectivity index (χ4n) is 7.03. The number of H-pyrrole nitrogens is 1. The van der Waals surface area contributed by atoms with Crippen LogP contribution in [0.15, 0.2) is 0 Å². The summed E-state index contributed by atoms with van der Waals surface area (Å²) in [5.74, 6) is 2.14. The van der Waals surface area contributed by atoms with Crippen LogP contribution < -0.4 is 0 Å². The van der Waals surface area contributed by atoms with Crippen LogP contribution in [0, 0.1) is 26.9 Å². The number of nitrogens with zero attached hydrogens (tertiary/aromatic N) is 2. The zero-order valence-corrected chi connectivity index (χ0v) is 14.4. The molecule has 4 aliphatic carbocycles. The highest BCUT2D eigenvalue weighted by molar-refractivity contribution is 7.71. The first-order valence-corrected chi connectivity index (χ1v) is 8.89. The number of nitrogens with one attached hydrogen (secondary N) is 1. The van der Waals surface area contributed by atoms with Gasteiger partial charge in [0.05, 0.1) is 0 Å². The summed E-state index contributed by atoms with van der Waals surface area (Å²) in [4.78, 5) is 0. The summed E-state index contributed by atoms with van der Waals surface area (Å²) in [6.07, 6.45) is 9.71. The lowest BCUT2D eigenvalue weighted by Crippen LogP contribution is -2.55. The molecule has 0 aromatic carbocycles. The Morgan fingerprint density at radius 2 is 1.86 bits per heavy atom. The lowest BCUT2D eigenvalue weighted by molar-refractivity contribution is -0.145. The molecule has 0 aliphatic heterocycles. The third-order valence-electron chi connectivity index (χ3n) is 6.43. The van der Waals surface area contributed by atoms with E-state index in [1.165, 1.54) is 44.3 Å². The van der Waals surface area contributed by atoms with Gasteiger partial charge >= 0.3 is 0 Å². The van der Waals surface area contributed by atoms with Gasteiger partial charge in [0.2, 0.25) is 0 Å². The SMILES string of the molecule is CCn1c(CC23CC4CC(C)(CC(C)(C4)C2)C3)n[nH]c1=S. The van der Waals surface area contributed by atoms with E-state index in [2.05, 4.69) is 35.5 Å². The maximum atomic E-state index is 5.37. The van der Waals surface area contributed by atoms with Crippen LogP contribution in [0.4, 0.5) is 0 Å². The molecule has 2 atom stereocenters. The number of rotatable bonds is 3. The summed E-state index contributed by atoms with van der Waals surface area (Å²) in [7, 11) is 0. The summed E-state index contributed by atoms with van der Waals surface area (Å²) >= 11 is 5.37. The summed E-state index contributed by atoms with van der Waals surface area (Å²) in [5, 5.41) is 7.56. The Kier molecular flexibility index (Phi) is 2.81. The van der Waals surface area contributed by atoms with Crippen molar-refractivity contribution in [3.05, 3.63) is 10.6 Å². The van der Waals surface area contributed by atoms with Gasteiger partial charge in [-0.2, -0.15) is 5.10 Å². The Balaban J connectivity index is 1.70. The zero-order valence-electron chi connectivity index (χ0n) is 13.5. The zero-order chi connectivity index (χ0) is 14.9. The summed E-state index contributed by atoms with van der Waals surface area (Å²) in [6, 6.07) is 0. The fraction of sp³-hybridized carbons (Fsp3) is 0.882. The normalized spacial score (nSPS) is 44.4. The van der Waals surface area contributed by atoms with Gasteiger partial charge in [-0.1, -0.05) is 13.8 Å². The minimum absolute atomic E-state index is 0.483. The summed E-state index contributed by atoms with van der Waals surface area (Å²) in [6.45, 7) is 8.18. The third kappa shape index (κ3) is 2.13. The van der Waals surface area contributed by atoms with Crippen LogP contribution >= 0.6 is 12.2 Å². The van der Waals surface area contributed by atoms with Gasteiger partial charge < -0.3 is 4.57 Å². The van der Waals surface area contributed by atoms with Gasteiger partial charge in [0.25, 0.3) is 0 Å². The molecule has 4 bridgehead atoms. The molecule has 1 heterocycles. The largest absolute Gasteiger partial charge is 0.304 e. The number of aromatic amines is 1. The Morgan fingerprint density at radius 1 is 1.19 bits per heavy atom. The molecule has 4 aliphatic rings. The van der Waals surface area contributed by atoms with Gasteiger partial charge in [-0.15, -0.1) is 0 Å². The molecular weight excluding hydrogens is 278 g/mol. The highest BCUT2D eigenvalue weighted by Crippen LogP contribution is 2.70. The minimum Gasteiger partial charge on any atom is -0.304 e. The fourth-order valence-corrected chi connectivity index (χ4v) is 7.31. The average molecular weight is 305 g/mol. The molecular formula is C17H27N3S. The highest BCUT2D eigenvalue weighted by atomic mass is 32.1. The molecule has 5 rings (SSSR count). The molecule has 1 aromatic rings. The molecule has 4 heteroatoms. The molecule has 1 N–H and O–H groups in total. The van der Waals surface area contributed by atoms with Crippen LogP contribution in [0.2, 0.25) is 0 Å². The van der Waals surface area contributed by atoms with Crippen molar-refractivity contribution >= 4 is 12.2 Å². The van der Waals surface area contributed by atoms with Gasteiger partial charge in [0, 0.05) is 13.0 Å². The Bertz CT molecular complexity index is 610. The monoisotopic (exact) mass is 305 g/mol. The first kappa shape index (κ1) is 14.0. The van der Waals surface area contributed by atoms with Gasteiger partial charge in [-0.25, -0.2) is 0 Å². The maximum absolute atomic E-state index is 5.37.